The summed E-state index contributed by atoms with van der Waals surface area (Å²) in [6.07, 6.45) is 0. The Balaban J connectivity index is 0.00000312. The number of ether oxygens (including phenoxy) is 1. The van der Waals surface area contributed by atoms with E-state index in [1.54, 1.807) is 0 Å². The van der Waals surface area contributed by atoms with Gasteiger partial charge in [-0.15, -0.1) is 21.2 Å². The number of aliphatic hydroxyl groups is 1. The van der Waals surface area contributed by atoms with Gasteiger partial charge in [-0.1, -0.05) is 0 Å². The lowest BCUT2D eigenvalue weighted by Crippen LogP contribution is -2.49. The number of β-amino-alcohol motifs (C(OH)–C–C–N with tert-alkyl or cyclic N) is 1. The molecule has 1 aliphatic rings. The highest BCUT2D eigenvalue weighted by Gasteiger charge is 2.27. The molecular weight excluding hydrogens is 379 g/mol. The molecule has 0 aromatic heterocycles. The second-order valence-corrected chi connectivity index (χ2v) is 5.90. The molecule has 0 atom stereocenters. The van der Waals surface area contributed by atoms with Crippen molar-refractivity contribution in [2.75, 3.05) is 51.2 Å². The van der Waals surface area contributed by atoms with Gasteiger partial charge in [-0.05, 0) is 24.3 Å². The minimum absolute atomic E-state index is 0. The summed E-state index contributed by atoms with van der Waals surface area (Å²) >= 11 is 4.68. The van der Waals surface area contributed by atoms with Gasteiger partial charge in [0.25, 0.3) is 0 Å². The smallest absolute Gasteiger partial charge is 0.420 e. The Morgan fingerprint density at radius 1 is 1.20 bits per heavy atom. The topological polar surface area (TPSA) is 65.0 Å². The van der Waals surface area contributed by atoms with E-state index in [1.165, 1.54) is 24.3 Å². The Bertz CT molecular complexity index is 536. The molecule has 1 aliphatic heterocycles. The van der Waals surface area contributed by atoms with Gasteiger partial charge in [-0.25, -0.2) is 0 Å². The van der Waals surface area contributed by atoms with Crippen LogP contribution in [0.1, 0.15) is 0 Å². The van der Waals surface area contributed by atoms with Gasteiger partial charge in [-0.2, -0.15) is 0 Å². The lowest BCUT2D eigenvalue weighted by Gasteiger charge is -2.33. The maximum atomic E-state index is 12.5. The zero-order valence-corrected chi connectivity index (χ0v) is 15.0. The van der Waals surface area contributed by atoms with Crippen LogP contribution >= 0.6 is 24.0 Å². The molecule has 2 N–H and O–H groups in total. The predicted octanol–water partition coefficient (Wildman–Crippen LogP) is 1.82. The third-order valence-corrected chi connectivity index (χ3v) is 3.70. The minimum atomic E-state index is -3.76. The Labute approximate surface area is 156 Å². The number of carbonyl (C=O) groups is 1. The Morgan fingerprint density at radius 3 is 2.28 bits per heavy atom. The fraction of sp³-hybridized carbons (Fsp3) is 0.533. The summed E-state index contributed by atoms with van der Waals surface area (Å²) in [6, 6.07) is 5.54. The van der Waals surface area contributed by atoms with Crippen LogP contribution in [0.3, 0.4) is 0 Å². The number of rotatable bonds is 7. The number of aliphatic hydroxyl groups excluding tert-OH is 1. The van der Waals surface area contributed by atoms with Crippen LogP contribution < -0.4 is 10.1 Å². The molecule has 25 heavy (non-hydrogen) atoms. The van der Waals surface area contributed by atoms with Crippen LogP contribution in [0.2, 0.25) is 0 Å². The number of nitrogens with zero attached hydrogens (tertiary/aromatic N) is 2. The molecular formula is C15H21Cl2F2N3O3. The summed E-state index contributed by atoms with van der Waals surface area (Å²) in [7, 11) is 0. The largest absolute Gasteiger partial charge is 0.487 e. The first-order valence-corrected chi connectivity index (χ1v) is 7.95. The van der Waals surface area contributed by atoms with Crippen LogP contribution in [0.4, 0.5) is 14.5 Å². The number of hydrogen-bond donors (Lipinski definition) is 2. The van der Waals surface area contributed by atoms with Gasteiger partial charge >= 0.3 is 5.57 Å². The van der Waals surface area contributed by atoms with Gasteiger partial charge in [0.15, 0.2) is 0 Å². The molecule has 1 aromatic rings. The molecule has 0 aliphatic carbocycles. The summed E-state index contributed by atoms with van der Waals surface area (Å²) in [5, 5.41) is 11.6. The zero-order chi connectivity index (χ0) is 17.6. The highest BCUT2D eigenvalue weighted by Crippen LogP contribution is 2.25. The first kappa shape index (κ1) is 21.9. The van der Waals surface area contributed by atoms with Crippen molar-refractivity contribution in [1.29, 1.82) is 0 Å². The Morgan fingerprint density at radius 2 is 1.76 bits per heavy atom. The molecule has 10 heteroatoms. The van der Waals surface area contributed by atoms with Crippen molar-refractivity contribution in [1.82, 2.24) is 9.80 Å². The van der Waals surface area contributed by atoms with Crippen LogP contribution in [0.25, 0.3) is 0 Å². The van der Waals surface area contributed by atoms with Crippen LogP contribution in [0, 0.1) is 0 Å². The van der Waals surface area contributed by atoms with Gasteiger partial charge < -0.3 is 15.2 Å². The van der Waals surface area contributed by atoms with Gasteiger partial charge in [0, 0.05) is 50.0 Å². The second-order valence-electron chi connectivity index (χ2n) is 5.46. The summed E-state index contributed by atoms with van der Waals surface area (Å²) in [4.78, 5) is 16.2. The van der Waals surface area contributed by atoms with Gasteiger partial charge in [0.05, 0.1) is 13.2 Å². The van der Waals surface area contributed by atoms with Gasteiger partial charge in [0.2, 0.25) is 5.91 Å². The molecule has 1 amide bonds. The van der Waals surface area contributed by atoms with Crippen LogP contribution in [0.5, 0.6) is 5.75 Å². The van der Waals surface area contributed by atoms with E-state index in [9.17, 15) is 13.6 Å². The maximum absolute atomic E-state index is 12.5. The number of piperazine rings is 1. The third kappa shape index (κ3) is 8.15. The van der Waals surface area contributed by atoms with Crippen molar-refractivity contribution in [3.05, 3.63) is 24.3 Å². The molecule has 1 aromatic carbocycles. The van der Waals surface area contributed by atoms with E-state index in [0.29, 0.717) is 12.2 Å². The van der Waals surface area contributed by atoms with Crippen LogP contribution in [0.15, 0.2) is 24.3 Å². The fourth-order valence-corrected chi connectivity index (χ4v) is 2.55. The molecule has 0 saturated carbocycles. The monoisotopic (exact) mass is 399 g/mol. The standard InChI is InChI=1S/C15H20ClF2N3O3.ClH/c16-15(17,18)24-13-3-1-12(2-4-13)19-14(23)11-21-7-5-20(6-8-21)9-10-22;/h1-4,22H,5-11H2,(H,19,23);1H. The normalized spacial score (nSPS) is 16.2. The number of carbonyl (C=O) groups excluding carboxylic acids is 1. The summed E-state index contributed by atoms with van der Waals surface area (Å²) in [6.45, 7) is 4.17. The molecule has 6 nitrogen and oxygen atoms in total. The average molecular weight is 400 g/mol. The SMILES string of the molecule is Cl.O=C(CN1CCN(CCO)CC1)Nc1ccc(OC(F)(F)Cl)cc1. The third-order valence-electron chi connectivity index (χ3n) is 3.62. The molecule has 1 fully saturated rings. The molecule has 1 saturated heterocycles. The molecule has 0 unspecified atom stereocenters. The Kier molecular flexibility index (Phi) is 8.81. The Hall–Kier alpha value is -1.19. The molecule has 0 spiro atoms. The number of halogens is 4. The van der Waals surface area contributed by atoms with Crippen molar-refractivity contribution in [2.45, 2.75) is 5.57 Å². The van der Waals surface area contributed by atoms with Crippen molar-refractivity contribution in [3.8, 4) is 5.75 Å². The number of amides is 1. The van der Waals surface area contributed by atoms with Crippen molar-refractivity contribution in [2.24, 2.45) is 0 Å². The van der Waals surface area contributed by atoms with E-state index in [-0.39, 0.29) is 37.2 Å². The zero-order valence-electron chi connectivity index (χ0n) is 13.5. The number of hydrogen-bond acceptors (Lipinski definition) is 5. The van der Waals surface area contributed by atoms with Gasteiger partial charge in [0.1, 0.15) is 5.75 Å². The van der Waals surface area contributed by atoms with Crippen molar-refractivity contribution >= 4 is 35.6 Å². The van der Waals surface area contributed by atoms with E-state index in [4.69, 9.17) is 5.11 Å². The molecule has 142 valence electrons. The average Bonchev–Trinajstić information content (AvgIpc) is 2.50. The van der Waals surface area contributed by atoms with Crippen molar-refractivity contribution < 1.29 is 23.4 Å². The van der Waals surface area contributed by atoms with Gasteiger partial charge in [-0.3, -0.25) is 14.6 Å². The molecule has 2 rings (SSSR count). The summed E-state index contributed by atoms with van der Waals surface area (Å²) in [5.41, 5.74) is -3.27. The van der Waals surface area contributed by atoms with E-state index in [1.807, 2.05) is 4.90 Å². The fourth-order valence-electron chi connectivity index (χ4n) is 2.46. The first-order chi connectivity index (χ1) is 11.4. The number of benzene rings is 1. The molecule has 0 bridgehead atoms. The van der Waals surface area contributed by atoms with E-state index >= 15 is 0 Å². The predicted molar refractivity (Wildman–Crippen MR) is 93.7 cm³/mol. The van der Waals surface area contributed by atoms with Crippen LogP contribution in [-0.2, 0) is 4.79 Å². The highest BCUT2D eigenvalue weighted by molar-refractivity contribution is 6.20. The lowest BCUT2D eigenvalue weighted by molar-refractivity contribution is -0.117. The highest BCUT2D eigenvalue weighted by atomic mass is 35.5. The van der Waals surface area contributed by atoms with Crippen molar-refractivity contribution in [3.63, 3.8) is 0 Å². The molecule has 0 radical (unpaired) electrons. The van der Waals surface area contributed by atoms with Crippen LogP contribution in [-0.4, -0.2) is 72.3 Å². The number of alkyl halides is 3. The lowest BCUT2D eigenvalue weighted by atomic mass is 10.3. The quantitative estimate of drug-likeness (QED) is 0.684. The second kappa shape index (κ2) is 10.1. The summed E-state index contributed by atoms with van der Waals surface area (Å²) in [5.74, 6) is -0.269. The maximum Gasteiger partial charge on any atom is 0.487 e. The minimum Gasteiger partial charge on any atom is -0.420 e. The van der Waals surface area contributed by atoms with E-state index in [0.717, 1.165) is 26.2 Å². The van der Waals surface area contributed by atoms with E-state index < -0.39 is 5.57 Å². The number of nitrogens with one attached hydrogen (secondary N) is 1. The van der Waals surface area contributed by atoms with E-state index in [2.05, 4.69) is 26.6 Å². The summed E-state index contributed by atoms with van der Waals surface area (Å²) < 4.78 is 29.2. The number of anilines is 1. The first-order valence-electron chi connectivity index (χ1n) is 7.57. The molecule has 1 heterocycles.